The van der Waals surface area contributed by atoms with E-state index in [1.807, 2.05) is 36.4 Å². The standard InChI is InChI=1S/C20H18N2O2/c1-23-17-8-6-15(7-9-17)19-11-10-18(24-19)14-2-4-16(5-3-14)20-21-12-13-22-20/h2-11H,12-13H2,1H3,(H,21,22). The predicted molar refractivity (Wildman–Crippen MR) is 95.5 cm³/mol. The lowest BCUT2D eigenvalue weighted by Gasteiger charge is -2.04. The second-order valence-electron chi connectivity index (χ2n) is 5.63. The van der Waals surface area contributed by atoms with Crippen LogP contribution in [-0.2, 0) is 0 Å². The van der Waals surface area contributed by atoms with Crippen LogP contribution in [0, 0.1) is 0 Å². The first-order valence-electron chi connectivity index (χ1n) is 7.97. The lowest BCUT2D eigenvalue weighted by atomic mass is 10.1. The number of nitrogens with zero attached hydrogens (tertiary/aromatic N) is 1. The summed E-state index contributed by atoms with van der Waals surface area (Å²) in [5.74, 6) is 3.51. The van der Waals surface area contributed by atoms with Crippen LogP contribution in [0.25, 0.3) is 22.6 Å². The monoisotopic (exact) mass is 318 g/mol. The van der Waals surface area contributed by atoms with Crippen LogP contribution in [0.2, 0.25) is 0 Å². The third-order valence-corrected chi connectivity index (χ3v) is 4.10. The summed E-state index contributed by atoms with van der Waals surface area (Å²) in [6, 6.07) is 20.1. The zero-order chi connectivity index (χ0) is 16.4. The van der Waals surface area contributed by atoms with Crippen molar-refractivity contribution in [2.75, 3.05) is 20.2 Å². The van der Waals surface area contributed by atoms with Crippen LogP contribution < -0.4 is 10.1 Å². The van der Waals surface area contributed by atoms with Gasteiger partial charge < -0.3 is 14.5 Å². The summed E-state index contributed by atoms with van der Waals surface area (Å²) in [6.45, 7) is 1.76. The molecule has 0 unspecified atom stereocenters. The van der Waals surface area contributed by atoms with E-state index in [4.69, 9.17) is 9.15 Å². The quantitative estimate of drug-likeness (QED) is 0.791. The molecule has 120 valence electrons. The van der Waals surface area contributed by atoms with Crippen molar-refractivity contribution in [1.82, 2.24) is 5.32 Å². The number of ether oxygens (including phenoxy) is 1. The van der Waals surface area contributed by atoms with Crippen molar-refractivity contribution < 1.29 is 9.15 Å². The number of aliphatic imine (C=N–C) groups is 1. The van der Waals surface area contributed by atoms with E-state index in [-0.39, 0.29) is 0 Å². The Balaban J connectivity index is 1.57. The summed E-state index contributed by atoms with van der Waals surface area (Å²) in [4.78, 5) is 4.44. The zero-order valence-corrected chi connectivity index (χ0v) is 13.5. The number of hydrogen-bond donors (Lipinski definition) is 1. The average Bonchev–Trinajstić information content (AvgIpc) is 3.34. The van der Waals surface area contributed by atoms with E-state index in [0.717, 1.165) is 52.9 Å². The van der Waals surface area contributed by atoms with Crippen LogP contribution in [0.4, 0.5) is 0 Å². The number of nitrogens with one attached hydrogen (secondary N) is 1. The molecule has 1 N–H and O–H groups in total. The van der Waals surface area contributed by atoms with Gasteiger partial charge in [0.25, 0.3) is 0 Å². The third-order valence-electron chi connectivity index (χ3n) is 4.10. The molecule has 4 rings (SSSR count). The SMILES string of the molecule is COc1ccc(-c2ccc(-c3ccc(C4=NCCN4)cc3)o2)cc1. The lowest BCUT2D eigenvalue weighted by Crippen LogP contribution is -2.19. The van der Waals surface area contributed by atoms with Gasteiger partial charge >= 0.3 is 0 Å². The van der Waals surface area contributed by atoms with Gasteiger partial charge in [0.1, 0.15) is 23.1 Å². The average molecular weight is 318 g/mol. The fourth-order valence-electron chi connectivity index (χ4n) is 2.79. The molecule has 0 spiro atoms. The maximum absolute atomic E-state index is 6.01. The Kier molecular flexibility index (Phi) is 3.79. The second kappa shape index (κ2) is 6.24. The Hall–Kier alpha value is -3.01. The normalized spacial score (nSPS) is 13.5. The highest BCUT2D eigenvalue weighted by Crippen LogP contribution is 2.29. The molecule has 1 aliphatic heterocycles. The highest BCUT2D eigenvalue weighted by atomic mass is 16.5. The molecule has 1 aliphatic rings. The minimum Gasteiger partial charge on any atom is -0.497 e. The lowest BCUT2D eigenvalue weighted by molar-refractivity contribution is 0.415. The molecule has 24 heavy (non-hydrogen) atoms. The minimum atomic E-state index is 0.838. The van der Waals surface area contributed by atoms with Gasteiger partial charge in [-0.3, -0.25) is 4.99 Å². The van der Waals surface area contributed by atoms with Crippen LogP contribution >= 0.6 is 0 Å². The summed E-state index contributed by atoms with van der Waals surface area (Å²) in [5, 5.41) is 3.28. The van der Waals surface area contributed by atoms with Gasteiger partial charge in [-0.15, -0.1) is 0 Å². The molecular weight excluding hydrogens is 300 g/mol. The number of rotatable bonds is 4. The molecule has 4 heteroatoms. The van der Waals surface area contributed by atoms with Crippen molar-refractivity contribution >= 4 is 5.84 Å². The minimum absolute atomic E-state index is 0.838. The second-order valence-corrected chi connectivity index (χ2v) is 5.63. The van der Waals surface area contributed by atoms with Crippen LogP contribution in [0.15, 0.2) is 70.1 Å². The summed E-state index contributed by atoms with van der Waals surface area (Å²) < 4.78 is 11.2. The molecule has 0 saturated heterocycles. The van der Waals surface area contributed by atoms with Crippen LogP contribution in [0.3, 0.4) is 0 Å². The summed E-state index contributed by atoms with van der Waals surface area (Å²) in [6.07, 6.45) is 0. The molecule has 2 aromatic carbocycles. The van der Waals surface area contributed by atoms with E-state index in [1.165, 1.54) is 0 Å². The predicted octanol–water partition coefficient (Wildman–Crippen LogP) is 3.97. The number of methoxy groups -OCH3 is 1. The topological polar surface area (TPSA) is 46.8 Å². The van der Waals surface area contributed by atoms with E-state index in [2.05, 4.69) is 34.6 Å². The van der Waals surface area contributed by atoms with Gasteiger partial charge in [0.15, 0.2) is 0 Å². The molecule has 0 radical (unpaired) electrons. The van der Waals surface area contributed by atoms with Crippen molar-refractivity contribution in [2.24, 2.45) is 4.99 Å². The van der Waals surface area contributed by atoms with Gasteiger partial charge in [0.2, 0.25) is 0 Å². The van der Waals surface area contributed by atoms with E-state index in [0.29, 0.717) is 0 Å². The Labute approximate surface area is 140 Å². The summed E-state index contributed by atoms with van der Waals surface area (Å²) in [7, 11) is 1.66. The number of benzene rings is 2. The Morgan fingerprint density at radius 2 is 1.42 bits per heavy atom. The van der Waals surface area contributed by atoms with Crippen molar-refractivity contribution in [1.29, 1.82) is 0 Å². The summed E-state index contributed by atoms with van der Waals surface area (Å²) >= 11 is 0. The molecule has 0 atom stereocenters. The van der Waals surface area contributed by atoms with Gasteiger partial charge in [-0.05, 0) is 36.4 Å². The van der Waals surface area contributed by atoms with E-state index < -0.39 is 0 Å². The first-order valence-corrected chi connectivity index (χ1v) is 7.97. The zero-order valence-electron chi connectivity index (χ0n) is 13.5. The Morgan fingerprint density at radius 3 is 1.96 bits per heavy atom. The highest BCUT2D eigenvalue weighted by Gasteiger charge is 2.10. The molecule has 2 heterocycles. The van der Waals surface area contributed by atoms with E-state index >= 15 is 0 Å². The molecule has 0 fully saturated rings. The van der Waals surface area contributed by atoms with Crippen LogP contribution in [0.1, 0.15) is 5.56 Å². The maximum Gasteiger partial charge on any atom is 0.134 e. The number of amidine groups is 1. The molecule has 0 aliphatic carbocycles. The van der Waals surface area contributed by atoms with Crippen LogP contribution in [0.5, 0.6) is 5.75 Å². The van der Waals surface area contributed by atoms with Crippen molar-refractivity contribution in [3.63, 3.8) is 0 Å². The van der Waals surface area contributed by atoms with Gasteiger partial charge in [0, 0.05) is 23.2 Å². The summed E-state index contributed by atoms with van der Waals surface area (Å²) in [5.41, 5.74) is 3.19. The molecular formula is C20H18N2O2. The molecule has 4 nitrogen and oxygen atoms in total. The van der Waals surface area contributed by atoms with Crippen molar-refractivity contribution in [3.8, 4) is 28.4 Å². The fraction of sp³-hybridized carbons (Fsp3) is 0.150. The largest absolute Gasteiger partial charge is 0.497 e. The molecule has 3 aromatic rings. The van der Waals surface area contributed by atoms with Gasteiger partial charge in [-0.25, -0.2) is 0 Å². The smallest absolute Gasteiger partial charge is 0.134 e. The molecule has 0 saturated carbocycles. The molecule has 1 aromatic heterocycles. The number of furan rings is 1. The molecule has 0 bridgehead atoms. The van der Waals surface area contributed by atoms with Crippen molar-refractivity contribution in [3.05, 3.63) is 66.2 Å². The number of hydrogen-bond acceptors (Lipinski definition) is 4. The van der Waals surface area contributed by atoms with Gasteiger partial charge in [-0.1, -0.05) is 24.3 Å². The van der Waals surface area contributed by atoms with Gasteiger partial charge in [0.05, 0.1) is 13.7 Å². The first-order chi connectivity index (χ1) is 11.8. The molecule has 0 amide bonds. The Morgan fingerprint density at radius 1 is 0.833 bits per heavy atom. The van der Waals surface area contributed by atoms with Gasteiger partial charge in [-0.2, -0.15) is 0 Å². The first kappa shape index (κ1) is 14.6. The highest BCUT2D eigenvalue weighted by molar-refractivity contribution is 6.00. The van der Waals surface area contributed by atoms with Crippen LogP contribution in [-0.4, -0.2) is 26.0 Å². The maximum atomic E-state index is 6.01. The third kappa shape index (κ3) is 2.78. The Bertz CT molecular complexity index is 861. The van der Waals surface area contributed by atoms with E-state index in [9.17, 15) is 0 Å². The van der Waals surface area contributed by atoms with E-state index in [1.54, 1.807) is 7.11 Å². The van der Waals surface area contributed by atoms with Crippen molar-refractivity contribution in [2.45, 2.75) is 0 Å². The fourth-order valence-corrected chi connectivity index (χ4v) is 2.79.